The minimum Gasteiger partial charge on any atom is -0.493 e. The Morgan fingerprint density at radius 1 is 0.870 bits per heavy atom. The average molecular weight is 742 g/mol. The minimum absolute atomic E-state index is 0.0896. The molecule has 2 bridgehead atoms. The van der Waals surface area contributed by atoms with E-state index in [0.717, 1.165) is 29.7 Å². The van der Waals surface area contributed by atoms with Crippen molar-refractivity contribution < 1.29 is 43.3 Å². The van der Waals surface area contributed by atoms with E-state index in [4.69, 9.17) is 14.2 Å². The molecule has 0 aromatic heterocycles. The number of aryl methyl sites for hydroxylation is 1. The van der Waals surface area contributed by atoms with Crippen LogP contribution in [0.4, 0.5) is 0 Å². The van der Waals surface area contributed by atoms with Gasteiger partial charge in [0, 0.05) is 37.9 Å². The fourth-order valence-corrected chi connectivity index (χ4v) is 6.82. The predicted octanol–water partition coefficient (Wildman–Crippen LogP) is 1.67. The summed E-state index contributed by atoms with van der Waals surface area (Å²) in [5.41, 5.74) is 0.811. The first-order chi connectivity index (χ1) is 26.0. The van der Waals surface area contributed by atoms with Gasteiger partial charge in [-0.1, -0.05) is 30.3 Å². The zero-order valence-electron chi connectivity index (χ0n) is 30.5. The number of fused-ring (bicyclic) bond motifs is 16. The zero-order chi connectivity index (χ0) is 38.2. The van der Waals surface area contributed by atoms with Gasteiger partial charge in [-0.05, 0) is 80.3 Å². The van der Waals surface area contributed by atoms with E-state index >= 15 is 0 Å². The summed E-state index contributed by atoms with van der Waals surface area (Å²) < 4.78 is 18.0. The van der Waals surface area contributed by atoms with Crippen LogP contribution in [0.15, 0.2) is 72.8 Å². The molecule has 3 aromatic carbocycles. The number of benzene rings is 3. The van der Waals surface area contributed by atoms with Gasteiger partial charge >= 0.3 is 0 Å². The summed E-state index contributed by atoms with van der Waals surface area (Å²) in [7, 11) is 0. The molecule has 286 valence electrons. The van der Waals surface area contributed by atoms with E-state index in [0.29, 0.717) is 23.7 Å². The molecule has 0 saturated carbocycles. The number of piperidine rings is 1. The second-order valence-corrected chi connectivity index (χ2v) is 13.9. The van der Waals surface area contributed by atoms with Crippen LogP contribution in [0.1, 0.15) is 54.6 Å². The van der Waals surface area contributed by atoms with Crippen molar-refractivity contribution in [2.45, 2.75) is 75.8 Å². The molecule has 1 fully saturated rings. The molecule has 4 heterocycles. The third-order valence-electron chi connectivity index (χ3n) is 9.95. The Morgan fingerprint density at radius 3 is 2.31 bits per heavy atom. The highest BCUT2D eigenvalue weighted by Gasteiger charge is 2.46. The molecule has 54 heavy (non-hydrogen) atoms. The van der Waals surface area contributed by atoms with Crippen LogP contribution in [0.5, 0.6) is 17.2 Å². The van der Waals surface area contributed by atoms with Gasteiger partial charge in [0.15, 0.2) is 5.60 Å². The SMILES string of the molecule is C[C@@H]1NC(=O)C([C@@H](C)O)NC(=O)C2(CCN(C(=O)c3ccc4c(c3)CCCO4)CC2)Oc2ccc(cc2)OCCNC(=O)[C@H](Cc2ccccc2)NC1=O. The van der Waals surface area contributed by atoms with Gasteiger partial charge in [0.05, 0.1) is 19.3 Å². The number of likely N-dealkylation sites (tertiary alicyclic amines) is 1. The molecular formula is C40H47N5O9. The van der Waals surface area contributed by atoms with Crippen molar-refractivity contribution in [1.82, 2.24) is 26.2 Å². The van der Waals surface area contributed by atoms with Crippen molar-refractivity contribution in [2.75, 3.05) is 32.8 Å². The van der Waals surface area contributed by atoms with Gasteiger partial charge < -0.3 is 45.5 Å². The first-order valence-corrected chi connectivity index (χ1v) is 18.4. The molecule has 0 aliphatic carbocycles. The molecule has 1 unspecified atom stereocenters. The number of aliphatic hydroxyl groups is 1. The molecule has 14 nitrogen and oxygen atoms in total. The summed E-state index contributed by atoms with van der Waals surface area (Å²) in [5.74, 6) is -1.08. The maximum absolute atomic E-state index is 14.2. The number of aliphatic hydroxyl groups excluding tert-OH is 1. The molecule has 0 radical (unpaired) electrons. The second-order valence-electron chi connectivity index (χ2n) is 13.9. The van der Waals surface area contributed by atoms with E-state index in [1.54, 1.807) is 35.2 Å². The van der Waals surface area contributed by atoms with Crippen LogP contribution < -0.4 is 35.5 Å². The number of hydrogen-bond donors (Lipinski definition) is 5. The Kier molecular flexibility index (Phi) is 12.0. The third kappa shape index (κ3) is 9.11. The number of nitrogens with one attached hydrogen (secondary N) is 4. The smallest absolute Gasteiger partial charge is 0.265 e. The molecule has 1 saturated heterocycles. The number of hydrogen-bond acceptors (Lipinski definition) is 9. The quantitative estimate of drug-likeness (QED) is 0.248. The fourth-order valence-electron chi connectivity index (χ4n) is 6.82. The maximum atomic E-state index is 14.2. The maximum Gasteiger partial charge on any atom is 0.265 e. The summed E-state index contributed by atoms with van der Waals surface area (Å²) in [6.07, 6.45) is 0.715. The minimum atomic E-state index is -1.52. The van der Waals surface area contributed by atoms with Crippen LogP contribution in [0, 0.1) is 0 Å². The van der Waals surface area contributed by atoms with E-state index in [9.17, 15) is 29.1 Å². The van der Waals surface area contributed by atoms with E-state index in [1.165, 1.54) is 13.8 Å². The summed E-state index contributed by atoms with van der Waals surface area (Å²) in [6.45, 7) is 4.09. The number of amides is 5. The number of carbonyl (C=O) groups excluding carboxylic acids is 5. The van der Waals surface area contributed by atoms with Crippen LogP contribution in [-0.2, 0) is 32.0 Å². The fraction of sp³-hybridized carbons (Fsp3) is 0.425. The molecular weight excluding hydrogens is 694 g/mol. The molecule has 3 aromatic rings. The van der Waals surface area contributed by atoms with Gasteiger partial charge in [-0.3, -0.25) is 24.0 Å². The van der Waals surface area contributed by atoms with Crippen molar-refractivity contribution in [2.24, 2.45) is 0 Å². The predicted molar refractivity (Wildman–Crippen MR) is 197 cm³/mol. The van der Waals surface area contributed by atoms with E-state index in [-0.39, 0.29) is 51.4 Å². The number of rotatable bonds is 4. The summed E-state index contributed by atoms with van der Waals surface area (Å²) >= 11 is 0. The largest absolute Gasteiger partial charge is 0.493 e. The lowest BCUT2D eigenvalue weighted by molar-refractivity contribution is -0.145. The molecule has 1 spiro atoms. The Hall–Kier alpha value is -5.63. The van der Waals surface area contributed by atoms with Gasteiger partial charge in [0.1, 0.15) is 42.0 Å². The highest BCUT2D eigenvalue weighted by atomic mass is 16.5. The van der Waals surface area contributed by atoms with Gasteiger partial charge in [0.25, 0.3) is 11.8 Å². The van der Waals surface area contributed by atoms with Crippen LogP contribution in [-0.4, -0.2) is 102 Å². The highest BCUT2D eigenvalue weighted by Crippen LogP contribution is 2.32. The Morgan fingerprint density at radius 2 is 1.59 bits per heavy atom. The third-order valence-corrected chi connectivity index (χ3v) is 9.95. The number of carbonyl (C=O) groups is 5. The standard InChI is InChI=1S/C40H47N5O9/c1-25-35(47)43-32(23-27-7-4-3-5-8-27)36(48)41-18-22-52-30-11-13-31(14-12-30)54-40(39(51)44-34(26(2)46)37(49)42-25)16-19-45(20-17-40)38(50)29-10-15-33-28(24-29)9-6-21-53-33/h3-5,7-8,10-15,24-26,32,34,46H,6,9,16-23H2,1-2H3,(H,41,48)(H,42,49)(H,43,47)(H,44,51)/t25-,26+,32-,34?/m0/s1. The molecule has 4 atom stereocenters. The van der Waals surface area contributed by atoms with Crippen molar-refractivity contribution in [3.8, 4) is 17.2 Å². The molecule has 4 aliphatic heterocycles. The van der Waals surface area contributed by atoms with Crippen molar-refractivity contribution in [3.63, 3.8) is 0 Å². The Labute approximate surface area is 313 Å². The van der Waals surface area contributed by atoms with E-state index in [1.807, 2.05) is 42.5 Å². The van der Waals surface area contributed by atoms with Crippen LogP contribution in [0.25, 0.3) is 0 Å². The number of nitrogens with zero attached hydrogens (tertiary/aromatic N) is 1. The molecule has 14 heteroatoms. The Bertz CT molecular complexity index is 1830. The van der Waals surface area contributed by atoms with Crippen LogP contribution in [0.2, 0.25) is 0 Å². The van der Waals surface area contributed by atoms with Crippen molar-refractivity contribution in [3.05, 3.63) is 89.5 Å². The summed E-state index contributed by atoms with van der Waals surface area (Å²) in [6, 6.07) is 17.7. The van der Waals surface area contributed by atoms with Crippen LogP contribution >= 0.6 is 0 Å². The van der Waals surface area contributed by atoms with E-state index < -0.39 is 53.5 Å². The Balaban J connectivity index is 1.22. The average Bonchev–Trinajstić information content (AvgIpc) is 3.18. The van der Waals surface area contributed by atoms with Gasteiger partial charge in [-0.25, -0.2) is 0 Å². The normalized spacial score (nSPS) is 22.9. The lowest BCUT2D eigenvalue weighted by Gasteiger charge is -2.41. The van der Waals surface area contributed by atoms with Crippen molar-refractivity contribution >= 4 is 29.5 Å². The summed E-state index contributed by atoms with van der Waals surface area (Å²) in [5, 5.41) is 21.5. The highest BCUT2D eigenvalue weighted by molar-refractivity contribution is 5.97. The van der Waals surface area contributed by atoms with Crippen molar-refractivity contribution in [1.29, 1.82) is 0 Å². The topological polar surface area (TPSA) is 185 Å². The first-order valence-electron chi connectivity index (χ1n) is 18.4. The number of ether oxygens (including phenoxy) is 3. The monoisotopic (exact) mass is 741 g/mol. The lowest BCUT2D eigenvalue weighted by atomic mass is 9.88. The first kappa shape index (κ1) is 38.1. The summed E-state index contributed by atoms with van der Waals surface area (Å²) in [4.78, 5) is 69.7. The second kappa shape index (κ2) is 17.0. The molecule has 5 amide bonds. The van der Waals surface area contributed by atoms with E-state index in [2.05, 4.69) is 21.3 Å². The lowest BCUT2D eigenvalue weighted by Crippen LogP contribution is -2.63. The molecule has 7 rings (SSSR count). The van der Waals surface area contributed by atoms with Gasteiger partial charge in [0.2, 0.25) is 17.7 Å². The molecule has 5 N–H and O–H groups in total. The molecule has 4 aliphatic rings. The van der Waals surface area contributed by atoms with Crippen LogP contribution in [0.3, 0.4) is 0 Å². The zero-order valence-corrected chi connectivity index (χ0v) is 30.5. The van der Waals surface area contributed by atoms with Gasteiger partial charge in [-0.2, -0.15) is 0 Å². The van der Waals surface area contributed by atoms with Gasteiger partial charge in [-0.15, -0.1) is 0 Å².